The van der Waals surface area contributed by atoms with Gasteiger partial charge in [-0.3, -0.25) is 5.43 Å². The summed E-state index contributed by atoms with van der Waals surface area (Å²) in [5, 5.41) is 3.22. The number of benzene rings is 1. The fourth-order valence-corrected chi connectivity index (χ4v) is 1.76. The van der Waals surface area contributed by atoms with Crippen LogP contribution in [0.2, 0.25) is 5.02 Å². The lowest BCUT2D eigenvalue weighted by atomic mass is 10.2. The number of aromatic nitrogens is 2. The highest BCUT2D eigenvalue weighted by Gasteiger charge is 2.33. The molecule has 0 atom stereocenters. The van der Waals surface area contributed by atoms with Crippen molar-refractivity contribution in [3.8, 4) is 0 Å². The molecule has 0 fully saturated rings. The van der Waals surface area contributed by atoms with Crippen molar-refractivity contribution in [1.29, 1.82) is 0 Å². The van der Waals surface area contributed by atoms with Gasteiger partial charge in [-0.25, -0.2) is 10.8 Å². The van der Waals surface area contributed by atoms with Crippen molar-refractivity contribution in [2.75, 3.05) is 10.7 Å². The molecule has 0 bridgehead atoms. The van der Waals surface area contributed by atoms with E-state index in [-0.39, 0.29) is 11.8 Å². The van der Waals surface area contributed by atoms with Crippen LogP contribution in [0.3, 0.4) is 0 Å². The van der Waals surface area contributed by atoms with Crippen molar-refractivity contribution in [3.63, 3.8) is 0 Å². The van der Waals surface area contributed by atoms with E-state index in [2.05, 4.69) is 15.3 Å². The summed E-state index contributed by atoms with van der Waals surface area (Å²) >= 11 is 5.86. The van der Waals surface area contributed by atoms with Gasteiger partial charge in [0.1, 0.15) is 5.82 Å². The van der Waals surface area contributed by atoms with Crippen LogP contribution < -0.4 is 16.6 Å². The van der Waals surface area contributed by atoms with E-state index in [0.29, 0.717) is 10.7 Å². The molecule has 0 aliphatic heterocycles. The Morgan fingerprint density at radius 1 is 1.19 bits per heavy atom. The standard InChI is InChI=1S/C12H11ClF3N5/c1-6-2-3-7(13)4-8(6)18-10-5-9(12(14,15)16)19-11(20-10)21-17/h2-5H,17H2,1H3,(H2,18,19,20,21). The largest absolute Gasteiger partial charge is 0.433 e. The normalized spacial score (nSPS) is 11.3. The third kappa shape index (κ3) is 3.73. The molecule has 112 valence electrons. The Bertz CT molecular complexity index is 660. The van der Waals surface area contributed by atoms with Gasteiger partial charge in [0.25, 0.3) is 0 Å². The summed E-state index contributed by atoms with van der Waals surface area (Å²) in [7, 11) is 0. The van der Waals surface area contributed by atoms with Crippen LogP contribution in [0.5, 0.6) is 0 Å². The van der Waals surface area contributed by atoms with Crippen molar-refractivity contribution in [3.05, 3.63) is 40.5 Å². The van der Waals surface area contributed by atoms with Crippen LogP contribution >= 0.6 is 11.6 Å². The average Bonchev–Trinajstić information content (AvgIpc) is 2.41. The fourth-order valence-electron chi connectivity index (χ4n) is 1.59. The quantitative estimate of drug-likeness (QED) is 0.597. The van der Waals surface area contributed by atoms with Crippen LogP contribution in [0.15, 0.2) is 24.3 Å². The number of aryl methyl sites for hydroxylation is 1. The number of hydrogen-bond acceptors (Lipinski definition) is 5. The van der Waals surface area contributed by atoms with Crippen molar-refractivity contribution >= 4 is 29.1 Å². The number of hydrazine groups is 1. The zero-order chi connectivity index (χ0) is 15.6. The Hall–Kier alpha value is -2.06. The summed E-state index contributed by atoms with van der Waals surface area (Å²) in [4.78, 5) is 7.10. The van der Waals surface area contributed by atoms with Crippen molar-refractivity contribution in [2.24, 2.45) is 5.84 Å². The Kier molecular flexibility index (Phi) is 4.19. The topological polar surface area (TPSA) is 75.9 Å². The van der Waals surface area contributed by atoms with Crippen molar-refractivity contribution < 1.29 is 13.2 Å². The molecule has 0 radical (unpaired) electrons. The SMILES string of the molecule is Cc1ccc(Cl)cc1Nc1cc(C(F)(F)F)nc(NN)n1. The smallest absolute Gasteiger partial charge is 0.340 e. The van der Waals surface area contributed by atoms with Gasteiger partial charge in [-0.1, -0.05) is 17.7 Å². The van der Waals surface area contributed by atoms with E-state index in [1.807, 2.05) is 5.43 Å². The molecule has 0 aliphatic carbocycles. The first kappa shape index (κ1) is 15.3. The van der Waals surface area contributed by atoms with E-state index in [1.165, 1.54) is 0 Å². The Labute approximate surface area is 123 Å². The van der Waals surface area contributed by atoms with E-state index < -0.39 is 11.9 Å². The second-order valence-electron chi connectivity index (χ2n) is 4.19. The fraction of sp³-hybridized carbons (Fsp3) is 0.167. The Balaban J connectivity index is 2.42. The zero-order valence-electron chi connectivity index (χ0n) is 10.8. The van der Waals surface area contributed by atoms with Crippen LogP contribution in [0, 0.1) is 6.92 Å². The molecule has 1 aromatic carbocycles. The van der Waals surface area contributed by atoms with Gasteiger partial charge < -0.3 is 5.32 Å². The Morgan fingerprint density at radius 2 is 1.90 bits per heavy atom. The number of nitrogens with zero attached hydrogens (tertiary/aromatic N) is 2. The summed E-state index contributed by atoms with van der Waals surface area (Å²) in [5.74, 6) is 4.70. The first-order chi connectivity index (χ1) is 9.79. The van der Waals surface area contributed by atoms with Gasteiger partial charge in [-0.2, -0.15) is 18.2 Å². The molecule has 2 aromatic rings. The molecule has 0 spiro atoms. The number of nitrogen functional groups attached to an aromatic ring is 1. The molecule has 5 nitrogen and oxygen atoms in total. The van der Waals surface area contributed by atoms with Gasteiger partial charge in [0.05, 0.1) is 0 Å². The molecule has 0 saturated heterocycles. The lowest BCUT2D eigenvalue weighted by Crippen LogP contribution is -2.16. The maximum Gasteiger partial charge on any atom is 0.433 e. The zero-order valence-corrected chi connectivity index (χ0v) is 11.5. The minimum absolute atomic E-state index is 0.0457. The molecule has 21 heavy (non-hydrogen) atoms. The minimum Gasteiger partial charge on any atom is -0.340 e. The number of rotatable bonds is 3. The second-order valence-corrected chi connectivity index (χ2v) is 4.62. The molecule has 2 rings (SSSR count). The maximum atomic E-state index is 12.8. The molecule has 4 N–H and O–H groups in total. The third-order valence-electron chi connectivity index (χ3n) is 2.61. The monoisotopic (exact) mass is 317 g/mol. The first-order valence-corrected chi connectivity index (χ1v) is 6.13. The third-order valence-corrected chi connectivity index (χ3v) is 2.84. The summed E-state index contributed by atoms with van der Waals surface area (Å²) in [6, 6.07) is 5.79. The summed E-state index contributed by atoms with van der Waals surface area (Å²) in [6.07, 6.45) is -4.60. The lowest BCUT2D eigenvalue weighted by Gasteiger charge is -2.13. The van der Waals surface area contributed by atoms with Gasteiger partial charge in [-0.15, -0.1) is 0 Å². The minimum atomic E-state index is -4.60. The molecule has 0 amide bonds. The second kappa shape index (κ2) is 5.74. The van der Waals surface area contributed by atoms with Crippen LogP contribution in [-0.2, 0) is 6.18 Å². The molecule has 1 aromatic heterocycles. The predicted octanol–water partition coefficient (Wildman–Crippen LogP) is 3.49. The van der Waals surface area contributed by atoms with Gasteiger partial charge >= 0.3 is 6.18 Å². The average molecular weight is 318 g/mol. The van der Waals surface area contributed by atoms with Crippen molar-refractivity contribution in [1.82, 2.24) is 9.97 Å². The lowest BCUT2D eigenvalue weighted by molar-refractivity contribution is -0.141. The van der Waals surface area contributed by atoms with E-state index in [9.17, 15) is 13.2 Å². The highest BCUT2D eigenvalue weighted by molar-refractivity contribution is 6.30. The highest BCUT2D eigenvalue weighted by atomic mass is 35.5. The van der Waals surface area contributed by atoms with Gasteiger partial charge in [0, 0.05) is 16.8 Å². The van der Waals surface area contributed by atoms with Crippen molar-refractivity contribution in [2.45, 2.75) is 13.1 Å². The van der Waals surface area contributed by atoms with Gasteiger partial charge in [0.15, 0.2) is 5.69 Å². The first-order valence-electron chi connectivity index (χ1n) is 5.75. The van der Waals surface area contributed by atoms with Crippen LogP contribution in [0.1, 0.15) is 11.3 Å². The van der Waals surface area contributed by atoms with Gasteiger partial charge in [-0.05, 0) is 24.6 Å². The maximum absolute atomic E-state index is 12.8. The van der Waals surface area contributed by atoms with Gasteiger partial charge in [0.2, 0.25) is 5.95 Å². The Morgan fingerprint density at radius 3 is 2.52 bits per heavy atom. The van der Waals surface area contributed by atoms with E-state index in [4.69, 9.17) is 17.4 Å². The molecule has 1 heterocycles. The summed E-state index contributed by atoms with van der Waals surface area (Å²) < 4.78 is 38.3. The summed E-state index contributed by atoms with van der Waals surface area (Å²) in [6.45, 7) is 1.78. The number of nitrogens with two attached hydrogens (primary N) is 1. The number of alkyl halides is 3. The summed E-state index contributed by atoms with van der Waals surface area (Å²) in [5.41, 5.74) is 2.24. The number of anilines is 3. The van der Waals surface area contributed by atoms with Crippen LogP contribution in [0.25, 0.3) is 0 Å². The highest BCUT2D eigenvalue weighted by Crippen LogP contribution is 2.31. The molecule has 0 aliphatic rings. The van der Waals surface area contributed by atoms with E-state index >= 15 is 0 Å². The number of hydrogen-bond donors (Lipinski definition) is 3. The molecule has 0 unspecified atom stereocenters. The van der Waals surface area contributed by atoms with Crippen LogP contribution in [-0.4, -0.2) is 9.97 Å². The predicted molar refractivity (Wildman–Crippen MR) is 74.3 cm³/mol. The number of halogens is 4. The molecular weight excluding hydrogens is 307 g/mol. The van der Waals surface area contributed by atoms with Crippen LogP contribution in [0.4, 0.5) is 30.6 Å². The van der Waals surface area contributed by atoms with E-state index in [0.717, 1.165) is 11.6 Å². The number of nitrogens with one attached hydrogen (secondary N) is 2. The molecule has 0 saturated carbocycles. The molecule has 9 heteroatoms. The molecular formula is C12H11ClF3N5. The van der Waals surface area contributed by atoms with E-state index in [1.54, 1.807) is 25.1 Å².